The first kappa shape index (κ1) is 49.8. The predicted molar refractivity (Wildman–Crippen MR) is 222 cm³/mol. The number of unbranched alkanes of at least 4 members (excludes halogenated alkanes) is 30. The largest absolute Gasteiger partial charge is 0.394 e. The van der Waals surface area contributed by atoms with Crippen LogP contribution in [0.15, 0.2) is 24.3 Å². The van der Waals surface area contributed by atoms with Crippen LogP contribution in [0.25, 0.3) is 0 Å². The Labute approximate surface area is 318 Å². The van der Waals surface area contributed by atoms with Gasteiger partial charge in [0, 0.05) is 0 Å². The Morgan fingerprint density at radius 3 is 1.25 bits per heavy atom. The molecule has 0 aromatic heterocycles. The van der Waals surface area contributed by atoms with Gasteiger partial charge in [0.15, 0.2) is 0 Å². The summed E-state index contributed by atoms with van der Waals surface area (Å²) in [5.41, 5.74) is 0. The second-order valence-electron chi connectivity index (χ2n) is 15.7. The number of aliphatic hydroxyl groups is 3. The Bertz CT molecular complexity index is 754. The molecule has 0 aliphatic carbocycles. The van der Waals surface area contributed by atoms with E-state index < -0.39 is 18.2 Å². The van der Waals surface area contributed by atoms with E-state index in [2.05, 4.69) is 31.3 Å². The molecule has 0 radical (unpaired) electrons. The highest BCUT2D eigenvalue weighted by molar-refractivity contribution is 5.76. The molecule has 0 fully saturated rings. The summed E-state index contributed by atoms with van der Waals surface area (Å²) in [5, 5.41) is 33.2. The zero-order chi connectivity index (χ0) is 37.3. The quantitative estimate of drug-likeness (QED) is 0.0374. The first-order valence-corrected chi connectivity index (χ1v) is 22.6. The van der Waals surface area contributed by atoms with Crippen molar-refractivity contribution in [2.75, 3.05) is 6.61 Å². The molecule has 0 aromatic rings. The molecule has 51 heavy (non-hydrogen) atoms. The fraction of sp³-hybridized carbons (Fsp3) is 0.891. The third kappa shape index (κ3) is 38.4. The van der Waals surface area contributed by atoms with Crippen LogP contribution < -0.4 is 5.32 Å². The number of nitrogens with one attached hydrogen (secondary N) is 1. The zero-order valence-electron chi connectivity index (χ0n) is 34.2. The molecular weight excluding hydrogens is 631 g/mol. The summed E-state index contributed by atoms with van der Waals surface area (Å²) in [6.07, 6.45) is 50.4. The van der Waals surface area contributed by atoms with Gasteiger partial charge in [-0.05, 0) is 32.1 Å². The summed E-state index contributed by atoms with van der Waals surface area (Å²) in [7, 11) is 0. The molecule has 0 bridgehead atoms. The maximum absolute atomic E-state index is 12.4. The molecule has 302 valence electrons. The predicted octanol–water partition coefficient (Wildman–Crippen LogP) is 13.0. The number of amides is 1. The van der Waals surface area contributed by atoms with Crippen molar-refractivity contribution in [3.8, 4) is 0 Å². The summed E-state index contributed by atoms with van der Waals surface area (Å²) in [6, 6.07) is -0.757. The summed E-state index contributed by atoms with van der Waals surface area (Å²) in [5.74, 6) is -0.322. The van der Waals surface area contributed by atoms with E-state index in [1.165, 1.54) is 180 Å². The van der Waals surface area contributed by atoms with Gasteiger partial charge in [-0.1, -0.05) is 224 Å². The van der Waals surface area contributed by atoms with E-state index >= 15 is 0 Å². The van der Waals surface area contributed by atoms with Gasteiger partial charge in [0.05, 0.1) is 31.3 Å². The lowest BCUT2D eigenvalue weighted by Crippen LogP contribution is -2.45. The minimum Gasteiger partial charge on any atom is -0.394 e. The van der Waals surface area contributed by atoms with E-state index in [4.69, 9.17) is 0 Å². The van der Waals surface area contributed by atoms with Crippen LogP contribution in [0.1, 0.15) is 239 Å². The lowest BCUT2D eigenvalue weighted by atomic mass is 10.0. The molecule has 3 atom stereocenters. The zero-order valence-corrected chi connectivity index (χ0v) is 34.2. The fourth-order valence-electron chi connectivity index (χ4n) is 7.00. The highest BCUT2D eigenvalue weighted by Crippen LogP contribution is 2.16. The van der Waals surface area contributed by atoms with Gasteiger partial charge in [-0.25, -0.2) is 0 Å². The Morgan fingerprint density at radius 2 is 0.843 bits per heavy atom. The van der Waals surface area contributed by atoms with Crippen molar-refractivity contribution in [3.05, 3.63) is 24.3 Å². The van der Waals surface area contributed by atoms with Crippen molar-refractivity contribution < 1.29 is 20.1 Å². The summed E-state index contributed by atoms with van der Waals surface area (Å²) in [6.45, 7) is 4.21. The molecule has 0 aliphatic rings. The second-order valence-corrected chi connectivity index (χ2v) is 15.7. The van der Waals surface area contributed by atoms with E-state index in [0.717, 1.165) is 32.1 Å². The molecule has 0 saturated heterocycles. The molecule has 4 N–H and O–H groups in total. The van der Waals surface area contributed by atoms with Crippen LogP contribution in [-0.4, -0.2) is 46.1 Å². The average Bonchev–Trinajstić information content (AvgIpc) is 3.12. The topological polar surface area (TPSA) is 89.8 Å². The number of carbonyl (C=O) groups excluding carboxylic acids is 1. The van der Waals surface area contributed by atoms with E-state index in [1.807, 2.05) is 6.08 Å². The van der Waals surface area contributed by atoms with Crippen LogP contribution in [0, 0.1) is 0 Å². The van der Waals surface area contributed by atoms with E-state index in [0.29, 0.717) is 6.42 Å². The SMILES string of the molecule is CCCCCCCCCCC/C=C/CC/C=C/C(O)C(CO)NC(=O)CC(O)CCCCCCCCCCCCCCCCCCCCCCC. The number of carbonyl (C=O) groups is 1. The van der Waals surface area contributed by atoms with Crippen LogP contribution >= 0.6 is 0 Å². The molecular formula is C46H89NO4. The number of hydrogen-bond acceptors (Lipinski definition) is 4. The molecule has 5 nitrogen and oxygen atoms in total. The second kappa shape index (κ2) is 41.6. The maximum Gasteiger partial charge on any atom is 0.222 e. The molecule has 0 spiro atoms. The van der Waals surface area contributed by atoms with Gasteiger partial charge in [0.2, 0.25) is 5.91 Å². The molecule has 0 saturated carbocycles. The highest BCUT2D eigenvalue weighted by atomic mass is 16.3. The molecule has 0 heterocycles. The van der Waals surface area contributed by atoms with Crippen molar-refractivity contribution in [2.24, 2.45) is 0 Å². The van der Waals surface area contributed by atoms with Crippen LogP contribution in [0.2, 0.25) is 0 Å². The maximum atomic E-state index is 12.4. The fourth-order valence-corrected chi connectivity index (χ4v) is 7.00. The molecule has 0 rings (SSSR count). The van der Waals surface area contributed by atoms with Crippen LogP contribution in [0.3, 0.4) is 0 Å². The smallest absolute Gasteiger partial charge is 0.222 e. The third-order valence-electron chi connectivity index (χ3n) is 10.5. The van der Waals surface area contributed by atoms with Crippen molar-refractivity contribution >= 4 is 5.91 Å². The van der Waals surface area contributed by atoms with Gasteiger partial charge < -0.3 is 20.6 Å². The highest BCUT2D eigenvalue weighted by Gasteiger charge is 2.20. The number of allylic oxidation sites excluding steroid dienone is 3. The average molecular weight is 720 g/mol. The van der Waals surface area contributed by atoms with Crippen LogP contribution in [0.4, 0.5) is 0 Å². The van der Waals surface area contributed by atoms with Crippen molar-refractivity contribution in [1.82, 2.24) is 5.32 Å². The summed E-state index contributed by atoms with van der Waals surface area (Å²) >= 11 is 0. The van der Waals surface area contributed by atoms with Gasteiger partial charge in [0.25, 0.3) is 0 Å². The Hall–Kier alpha value is -1.17. The Balaban J connectivity index is 3.64. The van der Waals surface area contributed by atoms with Gasteiger partial charge in [-0.15, -0.1) is 0 Å². The molecule has 3 unspecified atom stereocenters. The monoisotopic (exact) mass is 720 g/mol. The van der Waals surface area contributed by atoms with E-state index in [1.54, 1.807) is 6.08 Å². The van der Waals surface area contributed by atoms with Gasteiger partial charge >= 0.3 is 0 Å². The van der Waals surface area contributed by atoms with Crippen molar-refractivity contribution in [2.45, 2.75) is 257 Å². The van der Waals surface area contributed by atoms with Crippen molar-refractivity contribution in [3.63, 3.8) is 0 Å². The van der Waals surface area contributed by atoms with E-state index in [-0.39, 0.29) is 18.9 Å². The third-order valence-corrected chi connectivity index (χ3v) is 10.5. The van der Waals surface area contributed by atoms with E-state index in [9.17, 15) is 20.1 Å². The van der Waals surface area contributed by atoms with Gasteiger partial charge in [0.1, 0.15) is 0 Å². The Morgan fingerprint density at radius 1 is 0.490 bits per heavy atom. The normalized spacial score (nSPS) is 13.7. The molecule has 0 aromatic carbocycles. The van der Waals surface area contributed by atoms with Crippen LogP contribution in [-0.2, 0) is 4.79 Å². The molecule has 1 amide bonds. The van der Waals surface area contributed by atoms with Gasteiger partial charge in [-0.3, -0.25) is 4.79 Å². The molecule has 5 heteroatoms. The lowest BCUT2D eigenvalue weighted by molar-refractivity contribution is -0.124. The minimum absolute atomic E-state index is 0.00980. The van der Waals surface area contributed by atoms with Gasteiger partial charge in [-0.2, -0.15) is 0 Å². The summed E-state index contributed by atoms with van der Waals surface area (Å²) < 4.78 is 0. The standard InChI is InChI=1S/C46H89NO4/c1-3-5-7-9-11-13-15-17-19-20-21-22-23-24-26-27-29-31-33-35-37-39-43(49)41-46(51)47-44(42-48)45(50)40-38-36-34-32-30-28-25-18-16-14-12-10-8-6-4-2/h30,32,38,40,43-45,48-50H,3-29,31,33-37,39,41-42H2,1-2H3,(H,47,51)/b32-30+,40-38+. The number of aliphatic hydroxyl groups excluding tert-OH is 3. The lowest BCUT2D eigenvalue weighted by Gasteiger charge is -2.21. The van der Waals surface area contributed by atoms with Crippen LogP contribution in [0.5, 0.6) is 0 Å². The van der Waals surface area contributed by atoms with Crippen molar-refractivity contribution in [1.29, 1.82) is 0 Å². The first-order valence-electron chi connectivity index (χ1n) is 22.6. The number of hydrogen-bond donors (Lipinski definition) is 4. The summed E-state index contributed by atoms with van der Waals surface area (Å²) in [4.78, 5) is 12.4. The minimum atomic E-state index is -0.948. The number of rotatable bonds is 41. The first-order chi connectivity index (χ1) is 25.0. The Kier molecular flexibility index (Phi) is 40.6. The molecule has 0 aliphatic heterocycles.